The molecular formula is C8H7INNaS. The second-order valence-electron chi connectivity index (χ2n) is 2.20. The topological polar surface area (TPSA) is 12.9 Å². The molecule has 0 aliphatic heterocycles. The molecule has 0 saturated heterocycles. The standard InChI is InChI=1S/C8H7NS.HI.Na/c1-6-9-7-4-2-3-5-8(7)10-6;;/h2-5H,1H3;1H;/q;;+1/p-1. The number of benzene rings is 1. The first kappa shape index (κ1) is 12.8. The van der Waals surface area contributed by atoms with E-state index in [4.69, 9.17) is 0 Å². The van der Waals surface area contributed by atoms with Crippen molar-refractivity contribution in [1.29, 1.82) is 0 Å². The van der Waals surface area contributed by atoms with Crippen LogP contribution in [0.5, 0.6) is 0 Å². The predicted molar refractivity (Wildman–Crippen MR) is 44.4 cm³/mol. The van der Waals surface area contributed by atoms with Gasteiger partial charge < -0.3 is 24.0 Å². The summed E-state index contributed by atoms with van der Waals surface area (Å²) in [4.78, 5) is 4.33. The van der Waals surface area contributed by atoms with Gasteiger partial charge in [-0.3, -0.25) is 0 Å². The monoisotopic (exact) mass is 299 g/mol. The van der Waals surface area contributed by atoms with Crippen LogP contribution in [0.1, 0.15) is 5.01 Å². The Bertz CT molecular complexity index is 328. The fourth-order valence-electron chi connectivity index (χ4n) is 0.987. The number of hydrogen-bond donors (Lipinski definition) is 0. The molecule has 0 aliphatic carbocycles. The summed E-state index contributed by atoms with van der Waals surface area (Å²) in [6.07, 6.45) is 0. The maximum Gasteiger partial charge on any atom is 1.00 e. The Morgan fingerprint density at radius 1 is 1.25 bits per heavy atom. The minimum absolute atomic E-state index is 0. The Labute approximate surface area is 115 Å². The van der Waals surface area contributed by atoms with E-state index >= 15 is 0 Å². The van der Waals surface area contributed by atoms with Crippen LogP contribution in [0.3, 0.4) is 0 Å². The van der Waals surface area contributed by atoms with Crippen LogP contribution >= 0.6 is 11.3 Å². The molecule has 0 atom stereocenters. The quantitative estimate of drug-likeness (QED) is 0.365. The molecule has 0 fully saturated rings. The number of thiazole rings is 1. The second-order valence-corrected chi connectivity index (χ2v) is 3.44. The molecule has 2 aromatic rings. The van der Waals surface area contributed by atoms with Crippen molar-refractivity contribution in [3.63, 3.8) is 0 Å². The van der Waals surface area contributed by atoms with Gasteiger partial charge in [0, 0.05) is 0 Å². The van der Waals surface area contributed by atoms with E-state index < -0.39 is 0 Å². The van der Waals surface area contributed by atoms with Crippen molar-refractivity contribution >= 4 is 21.6 Å². The van der Waals surface area contributed by atoms with Crippen molar-refractivity contribution in [1.82, 2.24) is 4.98 Å². The zero-order valence-corrected chi connectivity index (χ0v) is 12.0. The first-order valence-electron chi connectivity index (χ1n) is 3.18. The Morgan fingerprint density at radius 3 is 2.58 bits per heavy atom. The van der Waals surface area contributed by atoms with E-state index in [1.807, 2.05) is 25.1 Å². The van der Waals surface area contributed by atoms with Crippen LogP contribution in [0, 0.1) is 6.92 Å². The number of hydrogen-bond acceptors (Lipinski definition) is 2. The van der Waals surface area contributed by atoms with E-state index in [9.17, 15) is 0 Å². The molecule has 0 amide bonds. The summed E-state index contributed by atoms with van der Waals surface area (Å²) in [7, 11) is 0. The van der Waals surface area contributed by atoms with Crippen LogP contribution in [0.4, 0.5) is 0 Å². The number of halogens is 1. The minimum atomic E-state index is 0. The van der Waals surface area contributed by atoms with Gasteiger partial charge in [-0.2, -0.15) is 0 Å². The van der Waals surface area contributed by atoms with E-state index in [1.54, 1.807) is 11.3 Å². The van der Waals surface area contributed by atoms with Gasteiger partial charge in [-0.25, -0.2) is 4.98 Å². The summed E-state index contributed by atoms with van der Waals surface area (Å²) in [5.41, 5.74) is 1.12. The average molecular weight is 299 g/mol. The maximum absolute atomic E-state index is 4.33. The normalized spacial score (nSPS) is 8.75. The van der Waals surface area contributed by atoms with Gasteiger partial charge in [-0.05, 0) is 19.1 Å². The average Bonchev–Trinajstić information content (AvgIpc) is 2.27. The fraction of sp³-hybridized carbons (Fsp3) is 0.125. The van der Waals surface area contributed by atoms with Crippen molar-refractivity contribution in [3.05, 3.63) is 29.3 Å². The summed E-state index contributed by atoms with van der Waals surface area (Å²) < 4.78 is 1.28. The van der Waals surface area contributed by atoms with Crippen LogP contribution in [-0.2, 0) is 0 Å². The third-order valence-electron chi connectivity index (χ3n) is 1.40. The Morgan fingerprint density at radius 2 is 1.92 bits per heavy atom. The number of aryl methyl sites for hydroxylation is 1. The van der Waals surface area contributed by atoms with Gasteiger partial charge in [-0.15, -0.1) is 11.3 Å². The summed E-state index contributed by atoms with van der Waals surface area (Å²) in [6.45, 7) is 2.03. The molecule has 1 nitrogen and oxygen atoms in total. The summed E-state index contributed by atoms with van der Waals surface area (Å²) >= 11 is 1.74. The molecule has 0 bridgehead atoms. The van der Waals surface area contributed by atoms with E-state index in [0.29, 0.717) is 0 Å². The van der Waals surface area contributed by atoms with Gasteiger partial charge in [0.2, 0.25) is 0 Å². The molecule has 2 rings (SSSR count). The predicted octanol–water partition coefficient (Wildman–Crippen LogP) is -3.39. The van der Waals surface area contributed by atoms with Crippen molar-refractivity contribution in [3.8, 4) is 0 Å². The first-order chi connectivity index (χ1) is 4.86. The third kappa shape index (κ3) is 2.67. The number of rotatable bonds is 0. The molecule has 0 aliphatic rings. The summed E-state index contributed by atoms with van der Waals surface area (Å²) in [5.74, 6) is 0. The fourth-order valence-corrected chi connectivity index (χ4v) is 1.81. The number of aromatic nitrogens is 1. The molecule has 0 spiro atoms. The van der Waals surface area contributed by atoms with Gasteiger partial charge in [0.25, 0.3) is 0 Å². The van der Waals surface area contributed by atoms with Gasteiger partial charge in [0.15, 0.2) is 0 Å². The van der Waals surface area contributed by atoms with Crippen LogP contribution in [-0.4, -0.2) is 4.98 Å². The molecular weight excluding hydrogens is 292 g/mol. The number of fused-ring (bicyclic) bond motifs is 1. The molecule has 0 unspecified atom stereocenters. The zero-order valence-electron chi connectivity index (χ0n) is 7.04. The van der Waals surface area contributed by atoms with E-state index in [-0.39, 0.29) is 53.5 Å². The number of para-hydroxylation sites is 1. The number of nitrogens with zero attached hydrogens (tertiary/aromatic N) is 1. The molecule has 1 aromatic heterocycles. The Balaban J connectivity index is 0.000000605. The van der Waals surface area contributed by atoms with Crippen LogP contribution in [0.15, 0.2) is 24.3 Å². The molecule has 12 heavy (non-hydrogen) atoms. The molecule has 0 saturated carbocycles. The van der Waals surface area contributed by atoms with Crippen molar-refractivity contribution < 1.29 is 53.5 Å². The van der Waals surface area contributed by atoms with Crippen molar-refractivity contribution in [2.45, 2.75) is 6.92 Å². The van der Waals surface area contributed by atoms with Crippen molar-refractivity contribution in [2.24, 2.45) is 0 Å². The van der Waals surface area contributed by atoms with Crippen molar-refractivity contribution in [2.75, 3.05) is 0 Å². The van der Waals surface area contributed by atoms with Crippen LogP contribution in [0.2, 0.25) is 0 Å². The summed E-state index contributed by atoms with van der Waals surface area (Å²) in [5, 5.41) is 1.14. The molecule has 1 aromatic carbocycles. The molecule has 4 heteroatoms. The largest absolute Gasteiger partial charge is 1.00 e. The smallest absolute Gasteiger partial charge is 1.00 e. The van der Waals surface area contributed by atoms with E-state index in [0.717, 1.165) is 10.5 Å². The molecule has 0 radical (unpaired) electrons. The van der Waals surface area contributed by atoms with Crippen LogP contribution in [0.25, 0.3) is 10.2 Å². The summed E-state index contributed by atoms with van der Waals surface area (Å²) in [6, 6.07) is 8.19. The van der Waals surface area contributed by atoms with Gasteiger partial charge in [-0.1, -0.05) is 12.1 Å². The van der Waals surface area contributed by atoms with E-state index in [2.05, 4.69) is 11.1 Å². The molecule has 58 valence electrons. The Hall–Kier alpha value is 0.840. The minimum Gasteiger partial charge on any atom is -1.00 e. The SMILES string of the molecule is Cc1nc2ccccc2s1.[I-].[Na+]. The maximum atomic E-state index is 4.33. The second kappa shape index (κ2) is 5.54. The first-order valence-corrected chi connectivity index (χ1v) is 4.00. The Kier molecular flexibility index (Phi) is 5.93. The van der Waals surface area contributed by atoms with Gasteiger partial charge in [0.1, 0.15) is 0 Å². The van der Waals surface area contributed by atoms with Gasteiger partial charge >= 0.3 is 29.6 Å². The van der Waals surface area contributed by atoms with Gasteiger partial charge in [0.05, 0.1) is 15.2 Å². The van der Waals surface area contributed by atoms with Crippen LogP contribution < -0.4 is 53.5 Å². The zero-order chi connectivity index (χ0) is 6.97. The van der Waals surface area contributed by atoms with E-state index in [1.165, 1.54) is 4.70 Å². The third-order valence-corrected chi connectivity index (χ3v) is 2.35. The molecule has 0 N–H and O–H groups in total. The molecule has 1 heterocycles.